The molecule has 1 aromatic heterocycles. The Hall–Kier alpha value is -2.37. The lowest BCUT2D eigenvalue weighted by atomic mass is 9.98. The van der Waals surface area contributed by atoms with Crippen LogP contribution < -0.4 is 5.32 Å². The summed E-state index contributed by atoms with van der Waals surface area (Å²) in [5.74, 6) is -0.270. The molecule has 0 spiro atoms. The average molecular weight is 364 g/mol. The Balaban J connectivity index is 1.65. The summed E-state index contributed by atoms with van der Waals surface area (Å²) in [5.41, 5.74) is 0.917. The Morgan fingerprint density at radius 3 is 2.58 bits per heavy atom. The van der Waals surface area contributed by atoms with Gasteiger partial charge in [0.15, 0.2) is 6.23 Å². The van der Waals surface area contributed by atoms with Gasteiger partial charge >= 0.3 is 0 Å². The highest BCUT2D eigenvalue weighted by atomic mass is 16.6. The minimum atomic E-state index is -1.50. The maximum atomic E-state index is 12.0. The molecule has 1 fully saturated rings. The molecule has 1 aliphatic heterocycles. The second kappa shape index (κ2) is 7.89. The van der Waals surface area contributed by atoms with E-state index in [9.17, 15) is 25.2 Å². The van der Waals surface area contributed by atoms with Gasteiger partial charge in [0, 0.05) is 5.56 Å². The molecular weight excluding hydrogens is 344 g/mol. The van der Waals surface area contributed by atoms with E-state index in [4.69, 9.17) is 4.74 Å². The van der Waals surface area contributed by atoms with E-state index in [1.54, 1.807) is 24.3 Å². The largest absolute Gasteiger partial charge is 0.394 e. The van der Waals surface area contributed by atoms with Gasteiger partial charge in [-0.15, -0.1) is 5.10 Å². The van der Waals surface area contributed by atoms with E-state index < -0.39 is 37.3 Å². The summed E-state index contributed by atoms with van der Waals surface area (Å²) in [5, 5.41) is 49.3. The fourth-order valence-corrected chi connectivity index (χ4v) is 2.68. The minimum absolute atomic E-state index is 0.102. The van der Waals surface area contributed by atoms with Crippen LogP contribution in [0.3, 0.4) is 0 Å². The van der Waals surface area contributed by atoms with E-state index in [-0.39, 0.29) is 12.5 Å². The Morgan fingerprint density at radius 2 is 1.88 bits per heavy atom. The van der Waals surface area contributed by atoms with Crippen molar-refractivity contribution in [2.45, 2.75) is 37.2 Å². The maximum Gasteiger partial charge on any atom is 0.251 e. The highest BCUT2D eigenvalue weighted by Crippen LogP contribution is 2.27. The average Bonchev–Trinajstić information content (AvgIpc) is 3.14. The van der Waals surface area contributed by atoms with Gasteiger partial charge < -0.3 is 30.5 Å². The number of aliphatic hydroxyl groups excluding tert-OH is 4. The van der Waals surface area contributed by atoms with E-state index in [1.165, 1.54) is 10.9 Å². The summed E-state index contributed by atoms with van der Waals surface area (Å²) in [6, 6.07) is 8.68. The molecular formula is C16H20N4O6. The number of carbonyl (C=O) groups is 1. The third kappa shape index (κ3) is 3.74. The fourth-order valence-electron chi connectivity index (χ4n) is 2.68. The first kappa shape index (κ1) is 18.4. The molecule has 1 amide bonds. The molecule has 3 rings (SSSR count). The Labute approximate surface area is 148 Å². The van der Waals surface area contributed by atoms with E-state index in [1.807, 2.05) is 6.07 Å². The molecule has 10 nitrogen and oxygen atoms in total. The van der Waals surface area contributed by atoms with Gasteiger partial charge in [-0.2, -0.15) is 0 Å². The van der Waals surface area contributed by atoms with Gasteiger partial charge in [0.05, 0.1) is 19.3 Å². The third-order valence-electron chi connectivity index (χ3n) is 4.15. The van der Waals surface area contributed by atoms with Crippen LogP contribution >= 0.6 is 0 Å². The second-order valence-electron chi connectivity index (χ2n) is 5.96. The maximum absolute atomic E-state index is 12.0. The summed E-state index contributed by atoms with van der Waals surface area (Å²) in [6.45, 7) is -0.429. The standard InChI is InChI=1S/C16H20N4O6/c21-8-11-12(22)13(23)14(24)16(26-11)20-7-10(18-19-20)6-17-15(25)9-4-2-1-3-5-9/h1-5,7,11-14,16,21-24H,6,8H2,(H,17,25)/t11-,12-,13+,14-,16-/m1/s1. The molecule has 5 N–H and O–H groups in total. The summed E-state index contributed by atoms with van der Waals surface area (Å²) in [6.07, 6.45) is -5.13. The van der Waals surface area contributed by atoms with Crippen LogP contribution in [0.1, 0.15) is 22.3 Å². The van der Waals surface area contributed by atoms with Gasteiger partial charge in [-0.3, -0.25) is 4.79 Å². The number of hydrogen-bond donors (Lipinski definition) is 5. The molecule has 140 valence electrons. The van der Waals surface area contributed by atoms with E-state index in [0.717, 1.165) is 0 Å². The number of nitrogens with one attached hydrogen (secondary N) is 1. The zero-order chi connectivity index (χ0) is 18.7. The van der Waals surface area contributed by atoms with Crippen LogP contribution in [0.4, 0.5) is 0 Å². The molecule has 26 heavy (non-hydrogen) atoms. The van der Waals surface area contributed by atoms with Crippen LogP contribution in [0.2, 0.25) is 0 Å². The van der Waals surface area contributed by atoms with Gasteiger partial charge in [0.25, 0.3) is 5.91 Å². The second-order valence-corrected chi connectivity index (χ2v) is 5.96. The normalized spacial score (nSPS) is 28.7. The van der Waals surface area contributed by atoms with E-state index >= 15 is 0 Å². The SMILES string of the molecule is O=C(NCc1cn([C@@H]2O[C@H](CO)[C@@H](O)[C@H](O)[C@H]2O)nn1)c1ccccc1. The lowest BCUT2D eigenvalue weighted by Crippen LogP contribution is -2.56. The predicted octanol–water partition coefficient (Wildman–Crippen LogP) is -1.82. The number of rotatable bonds is 5. The van der Waals surface area contributed by atoms with E-state index in [0.29, 0.717) is 11.3 Å². The molecule has 0 saturated carbocycles. The molecule has 2 aromatic rings. The van der Waals surface area contributed by atoms with Crippen molar-refractivity contribution in [1.29, 1.82) is 0 Å². The highest BCUT2D eigenvalue weighted by molar-refractivity contribution is 5.93. The quantitative estimate of drug-likeness (QED) is 0.416. The van der Waals surface area contributed by atoms with Crippen molar-refractivity contribution < 1.29 is 30.0 Å². The first-order chi connectivity index (χ1) is 12.5. The molecule has 1 saturated heterocycles. The van der Waals surface area contributed by atoms with Crippen LogP contribution in [-0.4, -0.2) is 72.3 Å². The number of ether oxygens (including phenoxy) is 1. The molecule has 2 heterocycles. The van der Waals surface area contributed by atoms with Crippen molar-refractivity contribution in [3.05, 3.63) is 47.8 Å². The van der Waals surface area contributed by atoms with Crippen LogP contribution in [0.25, 0.3) is 0 Å². The number of carbonyl (C=O) groups excluding carboxylic acids is 1. The van der Waals surface area contributed by atoms with Crippen molar-refractivity contribution in [2.75, 3.05) is 6.61 Å². The van der Waals surface area contributed by atoms with Crippen molar-refractivity contribution >= 4 is 5.91 Å². The number of aromatic nitrogens is 3. The predicted molar refractivity (Wildman–Crippen MR) is 86.7 cm³/mol. The van der Waals surface area contributed by atoms with Gasteiger partial charge in [-0.05, 0) is 12.1 Å². The molecule has 10 heteroatoms. The van der Waals surface area contributed by atoms with Gasteiger partial charge in [-0.25, -0.2) is 4.68 Å². The molecule has 1 aromatic carbocycles. The van der Waals surface area contributed by atoms with Gasteiger partial charge in [-0.1, -0.05) is 23.4 Å². The lowest BCUT2D eigenvalue weighted by molar-refractivity contribution is -0.254. The first-order valence-electron chi connectivity index (χ1n) is 8.05. The number of hydrogen-bond acceptors (Lipinski definition) is 8. The summed E-state index contributed by atoms with van der Waals surface area (Å²) in [7, 11) is 0. The Kier molecular flexibility index (Phi) is 5.59. The molecule has 0 radical (unpaired) electrons. The highest BCUT2D eigenvalue weighted by Gasteiger charge is 2.44. The summed E-state index contributed by atoms with van der Waals surface area (Å²) >= 11 is 0. The van der Waals surface area contributed by atoms with Crippen molar-refractivity contribution in [1.82, 2.24) is 20.3 Å². The molecule has 0 bridgehead atoms. The Bertz CT molecular complexity index is 737. The van der Waals surface area contributed by atoms with Crippen molar-refractivity contribution in [2.24, 2.45) is 0 Å². The van der Waals surface area contributed by atoms with Gasteiger partial charge in [0.2, 0.25) is 0 Å². The van der Waals surface area contributed by atoms with Crippen LogP contribution in [0, 0.1) is 0 Å². The molecule has 0 aliphatic carbocycles. The van der Waals surface area contributed by atoms with Gasteiger partial charge in [0.1, 0.15) is 30.1 Å². The van der Waals surface area contributed by atoms with E-state index in [2.05, 4.69) is 15.6 Å². The third-order valence-corrected chi connectivity index (χ3v) is 4.15. The summed E-state index contributed by atoms with van der Waals surface area (Å²) in [4.78, 5) is 12.0. The lowest BCUT2D eigenvalue weighted by Gasteiger charge is -2.39. The monoisotopic (exact) mass is 364 g/mol. The number of aliphatic hydroxyl groups is 4. The topological polar surface area (TPSA) is 150 Å². The molecule has 0 unspecified atom stereocenters. The van der Waals surface area contributed by atoms with Crippen LogP contribution in [0.15, 0.2) is 36.5 Å². The van der Waals surface area contributed by atoms with Crippen LogP contribution in [-0.2, 0) is 11.3 Å². The number of nitrogens with zero attached hydrogens (tertiary/aromatic N) is 3. The molecule has 1 aliphatic rings. The van der Waals surface area contributed by atoms with Crippen molar-refractivity contribution in [3.8, 4) is 0 Å². The number of amides is 1. The first-order valence-corrected chi connectivity index (χ1v) is 8.05. The zero-order valence-corrected chi connectivity index (χ0v) is 13.7. The fraction of sp³-hybridized carbons (Fsp3) is 0.438. The smallest absolute Gasteiger partial charge is 0.251 e. The van der Waals surface area contributed by atoms with Crippen LogP contribution in [0.5, 0.6) is 0 Å². The molecule has 5 atom stereocenters. The summed E-state index contributed by atoms with van der Waals surface area (Å²) < 4.78 is 6.56. The number of benzene rings is 1. The zero-order valence-electron chi connectivity index (χ0n) is 13.7. The Morgan fingerprint density at radius 1 is 1.15 bits per heavy atom. The van der Waals surface area contributed by atoms with Crippen molar-refractivity contribution in [3.63, 3.8) is 0 Å². The minimum Gasteiger partial charge on any atom is -0.394 e.